The molecular weight excluding hydrogens is 376 g/mol. The topological polar surface area (TPSA) is 57.7 Å². The van der Waals surface area contributed by atoms with Gasteiger partial charge in [-0.2, -0.15) is 0 Å². The maximum atomic E-state index is 12.6. The number of amides is 2. The smallest absolute Gasteiger partial charge is 0.223 e. The Balaban J connectivity index is 1.40. The average Bonchev–Trinajstić information content (AvgIpc) is 3.03. The number of rotatable bonds is 7. The van der Waals surface area contributed by atoms with Crippen molar-refractivity contribution in [2.45, 2.75) is 71.1 Å². The predicted molar refractivity (Wildman–Crippen MR) is 118 cm³/mol. The minimum absolute atomic E-state index is 0.0117. The number of aryl methyl sites for hydroxylation is 1. The standard InChI is InChI=1S/C25H36N2O3/c1-20-8-11-22(12-9-20)23(28)13-15-25(30)27-17-5-16-26(18-19-27)24(29)14-10-21-6-3-2-4-7-21/h8-9,11-12,21H,2-7,10,13-19H2,1H3. The molecule has 2 aliphatic rings. The summed E-state index contributed by atoms with van der Waals surface area (Å²) in [5, 5.41) is 0. The predicted octanol–water partition coefficient (Wildman–Crippen LogP) is 4.38. The van der Waals surface area contributed by atoms with Crippen molar-refractivity contribution < 1.29 is 14.4 Å². The molecule has 1 saturated carbocycles. The van der Waals surface area contributed by atoms with Crippen molar-refractivity contribution in [2.24, 2.45) is 5.92 Å². The third-order valence-electron chi connectivity index (χ3n) is 6.63. The highest BCUT2D eigenvalue weighted by atomic mass is 16.2. The first-order valence-electron chi connectivity index (χ1n) is 11.7. The van der Waals surface area contributed by atoms with Crippen LogP contribution in [0.25, 0.3) is 0 Å². The zero-order chi connectivity index (χ0) is 21.3. The molecule has 1 saturated heterocycles. The average molecular weight is 413 g/mol. The lowest BCUT2D eigenvalue weighted by Gasteiger charge is -2.24. The van der Waals surface area contributed by atoms with Crippen LogP contribution in [0, 0.1) is 12.8 Å². The van der Waals surface area contributed by atoms with Gasteiger partial charge in [-0.25, -0.2) is 0 Å². The Kier molecular flexibility index (Phi) is 8.47. The van der Waals surface area contributed by atoms with Crippen molar-refractivity contribution in [1.82, 2.24) is 9.80 Å². The Bertz CT molecular complexity index is 722. The van der Waals surface area contributed by atoms with Crippen molar-refractivity contribution in [2.75, 3.05) is 26.2 Å². The first-order valence-corrected chi connectivity index (χ1v) is 11.7. The van der Waals surface area contributed by atoms with E-state index in [-0.39, 0.29) is 30.4 Å². The van der Waals surface area contributed by atoms with Gasteiger partial charge in [0.25, 0.3) is 0 Å². The largest absolute Gasteiger partial charge is 0.341 e. The molecule has 1 heterocycles. The Morgan fingerprint density at radius 3 is 2.00 bits per heavy atom. The molecule has 2 amide bonds. The molecule has 5 nitrogen and oxygen atoms in total. The highest BCUT2D eigenvalue weighted by Crippen LogP contribution is 2.27. The third-order valence-corrected chi connectivity index (χ3v) is 6.63. The summed E-state index contributed by atoms with van der Waals surface area (Å²) in [6, 6.07) is 7.49. The van der Waals surface area contributed by atoms with Gasteiger partial charge >= 0.3 is 0 Å². The van der Waals surface area contributed by atoms with E-state index in [9.17, 15) is 14.4 Å². The summed E-state index contributed by atoms with van der Waals surface area (Å²) >= 11 is 0. The lowest BCUT2D eigenvalue weighted by molar-refractivity contribution is -0.133. The zero-order valence-corrected chi connectivity index (χ0v) is 18.4. The Morgan fingerprint density at radius 1 is 0.767 bits per heavy atom. The molecule has 2 fully saturated rings. The van der Waals surface area contributed by atoms with Crippen LogP contribution in [0.3, 0.4) is 0 Å². The SMILES string of the molecule is Cc1ccc(C(=O)CCC(=O)N2CCCN(C(=O)CCC3CCCCC3)CC2)cc1. The summed E-state index contributed by atoms with van der Waals surface area (Å²) in [6.07, 6.45) is 9.46. The normalized spacial score (nSPS) is 18.2. The van der Waals surface area contributed by atoms with Crippen LogP contribution in [-0.2, 0) is 9.59 Å². The minimum Gasteiger partial charge on any atom is -0.341 e. The van der Waals surface area contributed by atoms with Crippen molar-refractivity contribution in [3.05, 3.63) is 35.4 Å². The van der Waals surface area contributed by atoms with Gasteiger partial charge in [-0.15, -0.1) is 0 Å². The second kappa shape index (κ2) is 11.3. The van der Waals surface area contributed by atoms with E-state index >= 15 is 0 Å². The van der Waals surface area contributed by atoms with E-state index in [4.69, 9.17) is 0 Å². The minimum atomic E-state index is 0.0117. The Labute approximate surface area is 180 Å². The second-order valence-electron chi connectivity index (χ2n) is 8.95. The number of Topliss-reactive ketones (excluding diaryl/α,β-unsaturated/α-hetero) is 1. The molecule has 5 heteroatoms. The van der Waals surface area contributed by atoms with Gasteiger partial charge in [0.2, 0.25) is 11.8 Å². The van der Waals surface area contributed by atoms with Crippen LogP contribution < -0.4 is 0 Å². The number of ketones is 1. The van der Waals surface area contributed by atoms with Crippen LogP contribution in [0.2, 0.25) is 0 Å². The van der Waals surface area contributed by atoms with Crippen molar-refractivity contribution in [1.29, 1.82) is 0 Å². The Hall–Kier alpha value is -2.17. The number of carbonyl (C=O) groups excluding carboxylic acids is 3. The lowest BCUT2D eigenvalue weighted by Crippen LogP contribution is -2.37. The van der Waals surface area contributed by atoms with E-state index in [1.165, 1.54) is 32.1 Å². The molecule has 0 N–H and O–H groups in total. The van der Waals surface area contributed by atoms with Gasteiger partial charge in [0.1, 0.15) is 0 Å². The van der Waals surface area contributed by atoms with Crippen LogP contribution in [0.4, 0.5) is 0 Å². The van der Waals surface area contributed by atoms with Gasteiger partial charge in [0, 0.05) is 51.0 Å². The van der Waals surface area contributed by atoms with E-state index in [0.717, 1.165) is 30.9 Å². The Morgan fingerprint density at radius 2 is 1.37 bits per heavy atom. The van der Waals surface area contributed by atoms with Crippen LogP contribution >= 0.6 is 0 Å². The molecule has 0 radical (unpaired) electrons. The molecule has 1 aliphatic carbocycles. The molecule has 3 rings (SSSR count). The molecule has 0 spiro atoms. The molecule has 164 valence electrons. The fourth-order valence-corrected chi connectivity index (χ4v) is 4.64. The second-order valence-corrected chi connectivity index (χ2v) is 8.95. The lowest BCUT2D eigenvalue weighted by atomic mass is 9.86. The third kappa shape index (κ3) is 6.68. The number of hydrogen-bond donors (Lipinski definition) is 0. The van der Waals surface area contributed by atoms with Gasteiger partial charge in [0.15, 0.2) is 5.78 Å². The fraction of sp³-hybridized carbons (Fsp3) is 0.640. The number of nitrogens with zero attached hydrogens (tertiary/aromatic N) is 2. The summed E-state index contributed by atoms with van der Waals surface area (Å²) in [6.45, 7) is 4.58. The van der Waals surface area contributed by atoms with Gasteiger partial charge in [-0.05, 0) is 25.7 Å². The van der Waals surface area contributed by atoms with E-state index in [0.29, 0.717) is 31.6 Å². The summed E-state index contributed by atoms with van der Waals surface area (Å²) in [7, 11) is 0. The number of hydrogen-bond acceptors (Lipinski definition) is 3. The first-order chi connectivity index (χ1) is 14.5. The highest BCUT2D eigenvalue weighted by molar-refractivity contribution is 5.98. The quantitative estimate of drug-likeness (QED) is 0.625. The molecule has 0 aromatic heterocycles. The maximum absolute atomic E-state index is 12.6. The monoisotopic (exact) mass is 412 g/mol. The van der Waals surface area contributed by atoms with Crippen molar-refractivity contribution in [3.8, 4) is 0 Å². The fourth-order valence-electron chi connectivity index (χ4n) is 4.64. The molecule has 0 atom stereocenters. The van der Waals surface area contributed by atoms with Crippen LogP contribution in [-0.4, -0.2) is 53.6 Å². The molecule has 1 aromatic rings. The summed E-state index contributed by atoms with van der Waals surface area (Å²) in [5.41, 5.74) is 1.78. The van der Waals surface area contributed by atoms with Crippen LogP contribution in [0.5, 0.6) is 0 Å². The van der Waals surface area contributed by atoms with E-state index < -0.39 is 0 Å². The first kappa shape index (κ1) is 22.5. The van der Waals surface area contributed by atoms with E-state index in [1.807, 2.05) is 41.0 Å². The van der Waals surface area contributed by atoms with Crippen LogP contribution in [0.15, 0.2) is 24.3 Å². The summed E-state index contributed by atoms with van der Waals surface area (Å²) in [4.78, 5) is 41.4. The maximum Gasteiger partial charge on any atom is 0.223 e. The summed E-state index contributed by atoms with van der Waals surface area (Å²) in [5.74, 6) is 0.993. The number of carbonyl (C=O) groups is 3. The van der Waals surface area contributed by atoms with E-state index in [2.05, 4.69) is 0 Å². The van der Waals surface area contributed by atoms with Crippen molar-refractivity contribution >= 4 is 17.6 Å². The molecule has 1 aromatic carbocycles. The van der Waals surface area contributed by atoms with Crippen LogP contribution in [0.1, 0.15) is 80.1 Å². The van der Waals surface area contributed by atoms with E-state index in [1.54, 1.807) is 0 Å². The van der Waals surface area contributed by atoms with Gasteiger partial charge in [-0.3, -0.25) is 14.4 Å². The van der Waals surface area contributed by atoms with Gasteiger partial charge in [-0.1, -0.05) is 61.9 Å². The van der Waals surface area contributed by atoms with Gasteiger partial charge < -0.3 is 9.80 Å². The van der Waals surface area contributed by atoms with Gasteiger partial charge in [0.05, 0.1) is 0 Å². The molecule has 1 aliphatic heterocycles. The number of benzene rings is 1. The highest BCUT2D eigenvalue weighted by Gasteiger charge is 2.23. The zero-order valence-electron chi connectivity index (χ0n) is 18.4. The molecule has 0 unspecified atom stereocenters. The van der Waals surface area contributed by atoms with Crippen molar-refractivity contribution in [3.63, 3.8) is 0 Å². The summed E-state index contributed by atoms with van der Waals surface area (Å²) < 4.78 is 0. The molecule has 30 heavy (non-hydrogen) atoms. The molecule has 0 bridgehead atoms. The molecular formula is C25H36N2O3.